The topological polar surface area (TPSA) is 78.9 Å². The fourth-order valence-corrected chi connectivity index (χ4v) is 2.29. The van der Waals surface area contributed by atoms with Gasteiger partial charge in [-0.1, -0.05) is 12.1 Å². The minimum absolute atomic E-state index is 0.166. The Morgan fingerprint density at radius 3 is 2.50 bits per heavy atom. The number of rotatable bonds is 3. The Balaban J connectivity index is 1.90. The molecule has 3 aromatic rings. The van der Waals surface area contributed by atoms with Crippen molar-refractivity contribution in [2.24, 2.45) is 4.99 Å². The van der Waals surface area contributed by atoms with Gasteiger partial charge in [-0.3, -0.25) is 4.99 Å². The van der Waals surface area contributed by atoms with E-state index in [1.807, 2.05) is 24.3 Å². The van der Waals surface area contributed by atoms with Gasteiger partial charge in [0.15, 0.2) is 5.69 Å². The zero-order valence-electron chi connectivity index (χ0n) is 11.3. The quantitative estimate of drug-likeness (QED) is 0.685. The number of hydrogen-bond donors (Lipinski definition) is 2. The van der Waals surface area contributed by atoms with Crippen LogP contribution in [0.1, 0.15) is 5.69 Å². The van der Waals surface area contributed by atoms with E-state index in [1.54, 1.807) is 12.1 Å². The standard InChI is InChI=1S/C16H11BrN2O3/c17-13-4-2-1-3-12(13)15-19-14(16(21)22-15)9-18-10-5-7-11(20)8-6-10/h1-9,20-21H. The molecular formula is C16H11BrN2O3. The summed E-state index contributed by atoms with van der Waals surface area (Å²) in [5, 5.41) is 19.0. The van der Waals surface area contributed by atoms with Gasteiger partial charge in [0.25, 0.3) is 0 Å². The lowest BCUT2D eigenvalue weighted by molar-refractivity contribution is 0.337. The Morgan fingerprint density at radius 2 is 1.77 bits per heavy atom. The number of nitrogens with zero attached hydrogens (tertiary/aromatic N) is 2. The number of aliphatic imine (C=N–C) groups is 1. The third-order valence-electron chi connectivity index (χ3n) is 2.92. The Morgan fingerprint density at radius 1 is 1.05 bits per heavy atom. The molecule has 0 fully saturated rings. The van der Waals surface area contributed by atoms with E-state index in [2.05, 4.69) is 25.9 Å². The van der Waals surface area contributed by atoms with Crippen LogP contribution in [-0.4, -0.2) is 21.4 Å². The van der Waals surface area contributed by atoms with Gasteiger partial charge in [0, 0.05) is 4.47 Å². The molecule has 1 aromatic heterocycles. The fraction of sp³-hybridized carbons (Fsp3) is 0. The van der Waals surface area contributed by atoms with Gasteiger partial charge in [-0.15, -0.1) is 0 Å². The Labute approximate surface area is 134 Å². The highest BCUT2D eigenvalue weighted by Crippen LogP contribution is 2.31. The van der Waals surface area contributed by atoms with Crippen LogP contribution in [-0.2, 0) is 0 Å². The number of aromatic nitrogens is 1. The number of halogens is 1. The van der Waals surface area contributed by atoms with Crippen LogP contribution in [0.2, 0.25) is 0 Å². The molecular weight excluding hydrogens is 348 g/mol. The monoisotopic (exact) mass is 358 g/mol. The molecule has 0 amide bonds. The number of benzene rings is 2. The predicted octanol–water partition coefficient (Wildman–Crippen LogP) is 4.27. The van der Waals surface area contributed by atoms with E-state index in [0.717, 1.165) is 10.0 Å². The van der Waals surface area contributed by atoms with Crippen LogP contribution in [0.25, 0.3) is 11.5 Å². The largest absolute Gasteiger partial charge is 0.508 e. The second-order valence-electron chi connectivity index (χ2n) is 4.46. The fourth-order valence-electron chi connectivity index (χ4n) is 1.83. The van der Waals surface area contributed by atoms with E-state index in [1.165, 1.54) is 18.3 Å². The minimum atomic E-state index is -0.298. The second-order valence-corrected chi connectivity index (χ2v) is 5.32. The van der Waals surface area contributed by atoms with Crippen LogP contribution in [0, 0.1) is 0 Å². The molecule has 1 heterocycles. The third kappa shape index (κ3) is 3.01. The maximum Gasteiger partial charge on any atom is 0.312 e. The Kier molecular flexibility index (Phi) is 3.93. The lowest BCUT2D eigenvalue weighted by Gasteiger charge is -1.97. The molecule has 6 heteroatoms. The molecule has 2 N–H and O–H groups in total. The van der Waals surface area contributed by atoms with E-state index >= 15 is 0 Å². The molecule has 0 aliphatic carbocycles. The molecule has 0 aliphatic heterocycles. The predicted molar refractivity (Wildman–Crippen MR) is 86.7 cm³/mol. The lowest BCUT2D eigenvalue weighted by Crippen LogP contribution is -1.83. The van der Waals surface area contributed by atoms with Gasteiger partial charge in [-0.25, -0.2) is 4.98 Å². The van der Waals surface area contributed by atoms with Crippen LogP contribution in [0.4, 0.5) is 5.69 Å². The van der Waals surface area contributed by atoms with Crippen LogP contribution in [0.15, 0.2) is 62.4 Å². The summed E-state index contributed by atoms with van der Waals surface area (Å²) in [7, 11) is 0. The second kappa shape index (κ2) is 6.03. The maximum absolute atomic E-state index is 9.83. The first-order chi connectivity index (χ1) is 10.6. The van der Waals surface area contributed by atoms with Crippen molar-refractivity contribution in [2.45, 2.75) is 0 Å². The first-order valence-corrected chi connectivity index (χ1v) is 7.20. The highest BCUT2D eigenvalue weighted by Gasteiger charge is 2.14. The maximum atomic E-state index is 9.83. The zero-order valence-corrected chi connectivity index (χ0v) is 12.9. The van der Waals surface area contributed by atoms with E-state index in [4.69, 9.17) is 4.42 Å². The highest BCUT2D eigenvalue weighted by molar-refractivity contribution is 9.10. The SMILES string of the molecule is Oc1ccc(N=Cc2nc(-c3ccccc3Br)oc2O)cc1. The van der Waals surface area contributed by atoms with Gasteiger partial charge in [0.05, 0.1) is 17.5 Å². The van der Waals surface area contributed by atoms with Gasteiger partial charge in [-0.05, 0) is 52.3 Å². The molecule has 0 radical (unpaired) electrons. The molecule has 2 aromatic carbocycles. The number of oxazole rings is 1. The van der Waals surface area contributed by atoms with Crippen molar-refractivity contribution in [1.29, 1.82) is 0 Å². The van der Waals surface area contributed by atoms with Crippen molar-refractivity contribution in [3.8, 4) is 23.1 Å². The molecule has 5 nitrogen and oxygen atoms in total. The van der Waals surface area contributed by atoms with Crippen molar-refractivity contribution in [2.75, 3.05) is 0 Å². The molecule has 0 saturated heterocycles. The van der Waals surface area contributed by atoms with Gasteiger partial charge in [-0.2, -0.15) is 0 Å². The number of aromatic hydroxyl groups is 2. The Bertz CT molecular complexity index is 826. The van der Waals surface area contributed by atoms with Crippen LogP contribution in [0.5, 0.6) is 11.7 Å². The summed E-state index contributed by atoms with van der Waals surface area (Å²) in [6.07, 6.45) is 1.41. The minimum Gasteiger partial charge on any atom is -0.508 e. The van der Waals surface area contributed by atoms with E-state index in [9.17, 15) is 10.2 Å². The summed E-state index contributed by atoms with van der Waals surface area (Å²) in [6.45, 7) is 0. The van der Waals surface area contributed by atoms with Crippen LogP contribution in [0.3, 0.4) is 0 Å². The van der Waals surface area contributed by atoms with Crippen molar-refractivity contribution in [3.63, 3.8) is 0 Å². The van der Waals surface area contributed by atoms with Gasteiger partial charge in [0.1, 0.15) is 5.75 Å². The molecule has 3 rings (SSSR count). The molecule has 22 heavy (non-hydrogen) atoms. The summed E-state index contributed by atoms with van der Waals surface area (Å²) in [5.74, 6) is 0.171. The molecule has 0 atom stereocenters. The van der Waals surface area contributed by atoms with Gasteiger partial charge < -0.3 is 14.6 Å². The number of phenolic OH excluding ortho intramolecular Hbond substituents is 1. The lowest BCUT2D eigenvalue weighted by atomic mass is 10.2. The van der Waals surface area contributed by atoms with Crippen LogP contribution >= 0.6 is 15.9 Å². The summed E-state index contributed by atoms with van der Waals surface area (Å²) < 4.78 is 6.09. The zero-order chi connectivity index (χ0) is 15.5. The molecule has 0 aliphatic rings. The molecule has 0 saturated carbocycles. The third-order valence-corrected chi connectivity index (χ3v) is 3.62. The Hall–Kier alpha value is -2.60. The summed E-state index contributed by atoms with van der Waals surface area (Å²) >= 11 is 3.41. The van der Waals surface area contributed by atoms with Gasteiger partial charge >= 0.3 is 5.95 Å². The van der Waals surface area contributed by atoms with Crippen molar-refractivity contribution in [1.82, 2.24) is 4.98 Å². The smallest absolute Gasteiger partial charge is 0.312 e. The summed E-state index contributed by atoms with van der Waals surface area (Å²) in [6, 6.07) is 13.8. The molecule has 0 bridgehead atoms. The first-order valence-electron chi connectivity index (χ1n) is 6.41. The summed E-state index contributed by atoms with van der Waals surface area (Å²) in [5.41, 5.74) is 1.60. The number of phenols is 1. The molecule has 0 spiro atoms. The van der Waals surface area contributed by atoms with Crippen molar-refractivity contribution >= 4 is 27.8 Å². The van der Waals surface area contributed by atoms with Crippen molar-refractivity contribution < 1.29 is 14.6 Å². The van der Waals surface area contributed by atoms with Gasteiger partial charge in [0.2, 0.25) is 5.89 Å². The normalized spacial score (nSPS) is 11.1. The average Bonchev–Trinajstić information content (AvgIpc) is 2.88. The van der Waals surface area contributed by atoms with Crippen molar-refractivity contribution in [3.05, 3.63) is 58.7 Å². The van der Waals surface area contributed by atoms with E-state index in [0.29, 0.717) is 11.6 Å². The summed E-state index contributed by atoms with van der Waals surface area (Å²) in [4.78, 5) is 8.41. The first kappa shape index (κ1) is 14.3. The molecule has 0 unspecified atom stereocenters. The highest BCUT2D eigenvalue weighted by atomic mass is 79.9. The van der Waals surface area contributed by atoms with Crippen LogP contribution < -0.4 is 0 Å². The van der Waals surface area contributed by atoms with E-state index in [-0.39, 0.29) is 17.4 Å². The van der Waals surface area contributed by atoms with E-state index < -0.39 is 0 Å². The number of hydrogen-bond acceptors (Lipinski definition) is 5. The average molecular weight is 359 g/mol. The molecule has 110 valence electrons.